The van der Waals surface area contributed by atoms with Crippen LogP contribution in [0.3, 0.4) is 0 Å². The summed E-state index contributed by atoms with van der Waals surface area (Å²) >= 11 is 1.73. The number of hydrogen-bond donors (Lipinski definition) is 0. The van der Waals surface area contributed by atoms with Crippen molar-refractivity contribution in [2.24, 2.45) is 0 Å². The van der Waals surface area contributed by atoms with E-state index in [9.17, 15) is 8.78 Å². The molecule has 2 rings (SSSR count). The van der Waals surface area contributed by atoms with Gasteiger partial charge in [-0.1, -0.05) is 0 Å². The summed E-state index contributed by atoms with van der Waals surface area (Å²) in [6, 6.07) is 5.40. The van der Waals surface area contributed by atoms with Gasteiger partial charge in [-0.05, 0) is 36.9 Å². The topological polar surface area (TPSA) is 22.1 Å². The maximum atomic E-state index is 12.2. The fourth-order valence-corrected chi connectivity index (χ4v) is 2.98. The van der Waals surface area contributed by atoms with Crippen LogP contribution in [0.4, 0.5) is 8.78 Å². The van der Waals surface area contributed by atoms with Crippen molar-refractivity contribution in [3.63, 3.8) is 0 Å². The number of rotatable bonds is 4. The van der Waals surface area contributed by atoms with Crippen LogP contribution >= 0.6 is 23.1 Å². The van der Waals surface area contributed by atoms with Crippen LogP contribution in [0, 0.1) is 0 Å². The van der Waals surface area contributed by atoms with E-state index in [1.807, 2.05) is 13.0 Å². The molecule has 0 unspecified atom stereocenters. The van der Waals surface area contributed by atoms with E-state index in [0.29, 0.717) is 22.7 Å². The van der Waals surface area contributed by atoms with E-state index >= 15 is 0 Å². The molecule has 16 heavy (non-hydrogen) atoms. The van der Waals surface area contributed by atoms with Crippen molar-refractivity contribution in [1.82, 2.24) is 4.98 Å². The molecule has 0 N–H and O–H groups in total. The number of thioether (sulfide) groups is 1. The first-order valence-electron chi connectivity index (χ1n) is 4.67. The van der Waals surface area contributed by atoms with Gasteiger partial charge in [-0.2, -0.15) is 8.78 Å². The highest BCUT2D eigenvalue weighted by Crippen LogP contribution is 2.34. The SMILES string of the molecule is CCOc1ccc2nc(SC(F)F)sc2c1. The normalized spacial score (nSPS) is 11.2. The number of alkyl halides is 2. The third-order valence-corrected chi connectivity index (χ3v) is 3.66. The first-order chi connectivity index (χ1) is 7.69. The zero-order chi connectivity index (χ0) is 11.5. The molecule has 86 valence electrons. The molecule has 0 amide bonds. The van der Waals surface area contributed by atoms with Gasteiger partial charge in [-0.3, -0.25) is 0 Å². The predicted molar refractivity (Wildman–Crippen MR) is 62.7 cm³/mol. The summed E-state index contributed by atoms with van der Waals surface area (Å²) in [6.45, 7) is 2.48. The van der Waals surface area contributed by atoms with E-state index in [-0.39, 0.29) is 0 Å². The summed E-state index contributed by atoms with van der Waals surface area (Å²) in [6.07, 6.45) is 0. The second-order valence-corrected chi connectivity index (χ2v) is 5.19. The Morgan fingerprint density at radius 3 is 3.00 bits per heavy atom. The van der Waals surface area contributed by atoms with Crippen LogP contribution in [0.25, 0.3) is 10.2 Å². The minimum atomic E-state index is -2.42. The number of hydrogen-bond acceptors (Lipinski definition) is 4. The van der Waals surface area contributed by atoms with E-state index in [1.165, 1.54) is 11.3 Å². The van der Waals surface area contributed by atoms with Gasteiger partial charge < -0.3 is 4.74 Å². The highest BCUT2D eigenvalue weighted by atomic mass is 32.2. The summed E-state index contributed by atoms with van der Waals surface area (Å²) in [5.41, 5.74) is 0.733. The van der Waals surface area contributed by atoms with Crippen molar-refractivity contribution in [3.8, 4) is 5.75 Å². The third-order valence-electron chi connectivity index (χ3n) is 1.84. The lowest BCUT2D eigenvalue weighted by atomic mass is 10.3. The standard InChI is InChI=1S/C10H9F2NOS2/c1-2-14-6-3-4-7-8(5-6)15-10(13-7)16-9(11)12/h3-5,9H,2H2,1H3. The summed E-state index contributed by atoms with van der Waals surface area (Å²) < 4.78 is 30.9. The van der Waals surface area contributed by atoms with Crippen LogP contribution in [0.5, 0.6) is 5.75 Å². The van der Waals surface area contributed by atoms with Gasteiger partial charge in [0.2, 0.25) is 0 Å². The van der Waals surface area contributed by atoms with Crippen molar-refractivity contribution in [2.75, 3.05) is 6.61 Å². The second-order valence-electron chi connectivity index (χ2n) is 2.92. The number of aromatic nitrogens is 1. The lowest BCUT2D eigenvalue weighted by Gasteiger charge is -2.00. The molecule has 0 radical (unpaired) electrons. The monoisotopic (exact) mass is 261 g/mol. The molecule has 6 heteroatoms. The predicted octanol–water partition coefficient (Wildman–Crippen LogP) is 4.01. The highest BCUT2D eigenvalue weighted by molar-refractivity contribution is 8.01. The van der Waals surface area contributed by atoms with Crippen molar-refractivity contribution in [2.45, 2.75) is 17.0 Å². The van der Waals surface area contributed by atoms with Gasteiger partial charge in [-0.15, -0.1) is 11.3 Å². The minimum Gasteiger partial charge on any atom is -0.494 e. The Morgan fingerprint density at radius 2 is 2.31 bits per heavy atom. The number of fused-ring (bicyclic) bond motifs is 1. The number of nitrogens with zero attached hydrogens (tertiary/aromatic N) is 1. The van der Waals surface area contributed by atoms with Gasteiger partial charge in [0.25, 0.3) is 5.76 Å². The van der Waals surface area contributed by atoms with Crippen molar-refractivity contribution >= 4 is 33.3 Å². The maximum absolute atomic E-state index is 12.2. The highest BCUT2D eigenvalue weighted by Gasteiger charge is 2.11. The molecule has 0 bridgehead atoms. The maximum Gasteiger partial charge on any atom is 0.291 e. The average molecular weight is 261 g/mol. The quantitative estimate of drug-likeness (QED) is 0.776. The summed E-state index contributed by atoms with van der Waals surface area (Å²) in [5.74, 6) is -1.68. The van der Waals surface area contributed by atoms with E-state index in [2.05, 4.69) is 4.98 Å². The molecular formula is C10H9F2NOS2. The second kappa shape index (κ2) is 4.97. The molecular weight excluding hydrogens is 252 g/mol. The first-order valence-corrected chi connectivity index (χ1v) is 6.37. The molecule has 0 saturated heterocycles. The van der Waals surface area contributed by atoms with Crippen molar-refractivity contribution in [3.05, 3.63) is 18.2 Å². The molecule has 1 aromatic carbocycles. The Morgan fingerprint density at radius 1 is 1.50 bits per heavy atom. The zero-order valence-corrected chi connectivity index (χ0v) is 10.1. The third kappa shape index (κ3) is 2.62. The van der Waals surface area contributed by atoms with E-state index in [4.69, 9.17) is 4.74 Å². The molecule has 0 saturated carbocycles. The van der Waals surface area contributed by atoms with E-state index < -0.39 is 5.76 Å². The molecule has 0 aliphatic carbocycles. The zero-order valence-electron chi connectivity index (χ0n) is 8.44. The fraction of sp³-hybridized carbons (Fsp3) is 0.300. The molecule has 0 atom stereocenters. The number of benzene rings is 1. The smallest absolute Gasteiger partial charge is 0.291 e. The lowest BCUT2D eigenvalue weighted by Crippen LogP contribution is -1.89. The molecule has 0 aliphatic heterocycles. The van der Waals surface area contributed by atoms with Gasteiger partial charge in [0.1, 0.15) is 5.75 Å². The molecule has 0 fully saturated rings. The summed E-state index contributed by atoms with van der Waals surface area (Å²) in [7, 11) is 0. The fourth-order valence-electron chi connectivity index (χ4n) is 1.27. The Bertz CT molecular complexity index is 487. The van der Waals surface area contributed by atoms with E-state index in [0.717, 1.165) is 16.0 Å². The van der Waals surface area contributed by atoms with Gasteiger partial charge >= 0.3 is 0 Å². The van der Waals surface area contributed by atoms with Crippen molar-refractivity contribution in [1.29, 1.82) is 0 Å². The van der Waals surface area contributed by atoms with Crippen LogP contribution in [-0.2, 0) is 0 Å². The Hall–Kier alpha value is -0.880. The average Bonchev–Trinajstić information content (AvgIpc) is 2.58. The molecule has 2 aromatic rings. The number of thiazole rings is 1. The van der Waals surface area contributed by atoms with Gasteiger partial charge in [0.05, 0.1) is 16.8 Å². The number of halogens is 2. The summed E-state index contributed by atoms with van der Waals surface area (Å²) in [5, 5.41) is 0. The van der Waals surface area contributed by atoms with Crippen LogP contribution in [0.2, 0.25) is 0 Å². The number of ether oxygens (including phenoxy) is 1. The molecule has 1 heterocycles. The molecule has 1 aromatic heterocycles. The first kappa shape index (κ1) is 11.6. The van der Waals surface area contributed by atoms with Crippen LogP contribution in [0.1, 0.15) is 6.92 Å². The Kier molecular flexibility index (Phi) is 3.60. The molecule has 2 nitrogen and oxygen atoms in total. The Balaban J connectivity index is 2.30. The van der Waals surface area contributed by atoms with Gasteiger partial charge in [0, 0.05) is 0 Å². The van der Waals surface area contributed by atoms with Crippen molar-refractivity contribution < 1.29 is 13.5 Å². The minimum absolute atomic E-state index is 0.388. The summed E-state index contributed by atoms with van der Waals surface area (Å²) in [4.78, 5) is 4.10. The largest absolute Gasteiger partial charge is 0.494 e. The van der Waals surface area contributed by atoms with Gasteiger partial charge in [0.15, 0.2) is 4.34 Å². The van der Waals surface area contributed by atoms with E-state index in [1.54, 1.807) is 12.1 Å². The Labute approximate surface area is 99.6 Å². The molecule has 0 spiro atoms. The van der Waals surface area contributed by atoms with Crippen LogP contribution < -0.4 is 4.74 Å². The molecule has 0 aliphatic rings. The van der Waals surface area contributed by atoms with Crippen LogP contribution in [-0.4, -0.2) is 17.3 Å². The lowest BCUT2D eigenvalue weighted by molar-refractivity contribution is 0.252. The van der Waals surface area contributed by atoms with Crippen LogP contribution in [0.15, 0.2) is 22.5 Å². The van der Waals surface area contributed by atoms with Gasteiger partial charge in [-0.25, -0.2) is 4.98 Å².